The van der Waals surface area contributed by atoms with Crippen LogP contribution in [-0.4, -0.2) is 33.6 Å². The van der Waals surface area contributed by atoms with Crippen molar-refractivity contribution in [2.45, 2.75) is 26.3 Å². The first kappa shape index (κ1) is 11.6. The number of nitrogens with zero attached hydrogens (tertiary/aromatic N) is 2. The van der Waals surface area contributed by atoms with Crippen molar-refractivity contribution in [3.05, 3.63) is 17.5 Å². The van der Waals surface area contributed by atoms with Gasteiger partial charge in [-0.3, -0.25) is 4.79 Å². The number of rotatable bonds is 3. The van der Waals surface area contributed by atoms with E-state index in [9.17, 15) is 9.59 Å². The Morgan fingerprint density at radius 3 is 3.12 bits per heavy atom. The van der Waals surface area contributed by atoms with Crippen LogP contribution in [-0.2, 0) is 11.3 Å². The molecule has 1 amide bonds. The zero-order valence-electron chi connectivity index (χ0n) is 9.55. The van der Waals surface area contributed by atoms with E-state index < -0.39 is 5.97 Å². The van der Waals surface area contributed by atoms with Crippen LogP contribution in [0.4, 0.5) is 0 Å². The van der Waals surface area contributed by atoms with Gasteiger partial charge in [-0.2, -0.15) is 0 Å². The molecule has 17 heavy (non-hydrogen) atoms. The van der Waals surface area contributed by atoms with Gasteiger partial charge < -0.3 is 14.5 Å². The highest BCUT2D eigenvalue weighted by atomic mass is 16.5. The van der Waals surface area contributed by atoms with E-state index in [4.69, 9.17) is 9.63 Å². The van der Waals surface area contributed by atoms with E-state index in [1.807, 2.05) is 6.92 Å². The lowest BCUT2D eigenvalue weighted by Gasteiger charge is -2.29. The molecule has 0 bridgehead atoms. The molecule has 1 unspecified atom stereocenters. The molecule has 1 saturated heterocycles. The monoisotopic (exact) mass is 238 g/mol. The molecule has 1 atom stereocenters. The maximum absolute atomic E-state index is 11.8. The van der Waals surface area contributed by atoms with Gasteiger partial charge in [0.2, 0.25) is 5.91 Å². The van der Waals surface area contributed by atoms with Crippen LogP contribution < -0.4 is 0 Å². The van der Waals surface area contributed by atoms with Gasteiger partial charge >= 0.3 is 5.97 Å². The summed E-state index contributed by atoms with van der Waals surface area (Å²) in [4.78, 5) is 24.1. The Morgan fingerprint density at radius 2 is 2.47 bits per heavy atom. The first-order chi connectivity index (χ1) is 8.08. The van der Waals surface area contributed by atoms with Crippen molar-refractivity contribution in [2.24, 2.45) is 5.92 Å². The summed E-state index contributed by atoms with van der Waals surface area (Å²) in [5.41, 5.74) is -0.127. The van der Waals surface area contributed by atoms with Gasteiger partial charge in [0.05, 0.1) is 6.54 Å². The molecule has 0 aliphatic carbocycles. The normalized spacial score (nSPS) is 20.6. The van der Waals surface area contributed by atoms with E-state index in [1.165, 1.54) is 6.07 Å². The molecule has 2 rings (SSSR count). The third-order valence-corrected chi connectivity index (χ3v) is 2.92. The van der Waals surface area contributed by atoms with Crippen molar-refractivity contribution in [1.29, 1.82) is 0 Å². The van der Waals surface area contributed by atoms with Crippen LogP contribution in [0.15, 0.2) is 10.6 Å². The minimum atomic E-state index is -1.13. The number of hydrogen-bond donors (Lipinski definition) is 1. The van der Waals surface area contributed by atoms with Crippen LogP contribution >= 0.6 is 0 Å². The summed E-state index contributed by atoms with van der Waals surface area (Å²) in [6.45, 7) is 2.88. The van der Waals surface area contributed by atoms with Crippen molar-refractivity contribution in [3.63, 3.8) is 0 Å². The molecular formula is C11H14N2O4. The van der Waals surface area contributed by atoms with E-state index in [0.717, 1.165) is 12.8 Å². The summed E-state index contributed by atoms with van der Waals surface area (Å²) in [5.74, 6) is -0.599. The van der Waals surface area contributed by atoms with Gasteiger partial charge in [0.15, 0.2) is 11.5 Å². The Bertz CT molecular complexity index is 440. The number of carbonyl (C=O) groups is 2. The number of amides is 1. The Morgan fingerprint density at radius 1 is 1.71 bits per heavy atom. The quantitative estimate of drug-likeness (QED) is 0.853. The van der Waals surface area contributed by atoms with Crippen LogP contribution in [0.1, 0.15) is 36.0 Å². The average molecular weight is 238 g/mol. The zero-order valence-corrected chi connectivity index (χ0v) is 9.55. The SMILES string of the molecule is CC1CCCN(Cc2cc(C(=O)O)no2)C1=O. The molecule has 1 N–H and O–H groups in total. The van der Waals surface area contributed by atoms with Crippen LogP contribution in [0.5, 0.6) is 0 Å². The highest BCUT2D eigenvalue weighted by Crippen LogP contribution is 2.19. The molecule has 1 aromatic heterocycles. The Hall–Kier alpha value is -1.85. The molecule has 1 aliphatic rings. The second-order valence-corrected chi connectivity index (χ2v) is 4.29. The fourth-order valence-corrected chi connectivity index (χ4v) is 1.97. The summed E-state index contributed by atoms with van der Waals surface area (Å²) in [6, 6.07) is 1.36. The number of piperidine rings is 1. The maximum atomic E-state index is 11.8. The molecule has 0 spiro atoms. The van der Waals surface area contributed by atoms with Crippen LogP contribution in [0, 0.1) is 5.92 Å². The topological polar surface area (TPSA) is 83.6 Å². The second kappa shape index (κ2) is 4.57. The number of hydrogen-bond acceptors (Lipinski definition) is 4. The molecule has 1 aromatic rings. The lowest BCUT2D eigenvalue weighted by Crippen LogP contribution is -2.39. The number of aromatic carboxylic acids is 1. The summed E-state index contributed by atoms with van der Waals surface area (Å²) >= 11 is 0. The number of carbonyl (C=O) groups excluding carboxylic acids is 1. The third kappa shape index (κ3) is 2.46. The minimum absolute atomic E-state index is 0.0330. The summed E-state index contributed by atoms with van der Waals surface area (Å²) in [7, 11) is 0. The maximum Gasteiger partial charge on any atom is 0.358 e. The Kier molecular flexibility index (Phi) is 3.12. The van der Waals surface area contributed by atoms with E-state index in [2.05, 4.69) is 5.16 Å². The van der Waals surface area contributed by atoms with Crippen LogP contribution in [0.2, 0.25) is 0 Å². The van der Waals surface area contributed by atoms with Gasteiger partial charge in [0.1, 0.15) is 0 Å². The molecule has 92 valence electrons. The average Bonchev–Trinajstić information content (AvgIpc) is 2.73. The highest BCUT2D eigenvalue weighted by molar-refractivity contribution is 5.85. The minimum Gasteiger partial charge on any atom is -0.476 e. The van der Waals surface area contributed by atoms with Gasteiger partial charge in [-0.1, -0.05) is 12.1 Å². The standard InChI is InChI=1S/C11H14N2O4/c1-7-3-2-4-13(10(7)14)6-8-5-9(11(15)16)12-17-8/h5,7H,2-4,6H2,1H3,(H,15,16). The van der Waals surface area contributed by atoms with Crippen molar-refractivity contribution in [3.8, 4) is 0 Å². The number of aromatic nitrogens is 1. The lowest BCUT2D eigenvalue weighted by atomic mass is 9.99. The Balaban J connectivity index is 2.04. The van der Waals surface area contributed by atoms with Gasteiger partial charge in [-0.15, -0.1) is 0 Å². The van der Waals surface area contributed by atoms with E-state index in [1.54, 1.807) is 4.90 Å². The fraction of sp³-hybridized carbons (Fsp3) is 0.545. The second-order valence-electron chi connectivity index (χ2n) is 4.29. The largest absolute Gasteiger partial charge is 0.476 e. The lowest BCUT2D eigenvalue weighted by molar-refractivity contribution is -0.138. The van der Waals surface area contributed by atoms with Gasteiger partial charge in [-0.25, -0.2) is 4.79 Å². The Labute approximate surface area is 98.2 Å². The fourth-order valence-electron chi connectivity index (χ4n) is 1.97. The molecule has 0 saturated carbocycles. The first-order valence-electron chi connectivity index (χ1n) is 5.55. The summed E-state index contributed by atoms with van der Waals surface area (Å²) in [5, 5.41) is 12.1. The van der Waals surface area contributed by atoms with Crippen molar-refractivity contribution >= 4 is 11.9 Å². The van der Waals surface area contributed by atoms with Crippen LogP contribution in [0.3, 0.4) is 0 Å². The predicted octanol–water partition coefficient (Wildman–Crippen LogP) is 1.13. The van der Waals surface area contributed by atoms with Gasteiger partial charge in [0.25, 0.3) is 0 Å². The molecular weight excluding hydrogens is 224 g/mol. The smallest absolute Gasteiger partial charge is 0.358 e. The molecule has 6 nitrogen and oxygen atoms in total. The van der Waals surface area contributed by atoms with Crippen molar-refractivity contribution in [2.75, 3.05) is 6.54 Å². The molecule has 0 aromatic carbocycles. The third-order valence-electron chi connectivity index (χ3n) is 2.92. The van der Waals surface area contributed by atoms with Crippen molar-refractivity contribution in [1.82, 2.24) is 10.1 Å². The van der Waals surface area contributed by atoms with Crippen molar-refractivity contribution < 1.29 is 19.2 Å². The van der Waals surface area contributed by atoms with E-state index in [-0.39, 0.29) is 17.5 Å². The first-order valence-corrected chi connectivity index (χ1v) is 5.55. The number of carboxylic acid groups (broad SMARTS) is 1. The van der Waals surface area contributed by atoms with Gasteiger partial charge in [0, 0.05) is 18.5 Å². The van der Waals surface area contributed by atoms with Gasteiger partial charge in [-0.05, 0) is 12.8 Å². The van der Waals surface area contributed by atoms with Crippen LogP contribution in [0.25, 0.3) is 0 Å². The zero-order chi connectivity index (χ0) is 12.4. The summed E-state index contributed by atoms with van der Waals surface area (Å²) in [6.07, 6.45) is 1.87. The predicted molar refractivity (Wildman–Crippen MR) is 57.3 cm³/mol. The highest BCUT2D eigenvalue weighted by Gasteiger charge is 2.26. The molecule has 1 aliphatic heterocycles. The molecule has 2 heterocycles. The van der Waals surface area contributed by atoms with E-state index in [0.29, 0.717) is 18.8 Å². The molecule has 6 heteroatoms. The number of likely N-dealkylation sites (tertiary alicyclic amines) is 1. The molecule has 0 radical (unpaired) electrons. The van der Waals surface area contributed by atoms with E-state index >= 15 is 0 Å². The molecule has 1 fully saturated rings. The summed E-state index contributed by atoms with van der Waals surface area (Å²) < 4.78 is 4.89. The number of carboxylic acids is 1.